The highest BCUT2D eigenvalue weighted by Crippen LogP contribution is 2.23. The second-order valence-electron chi connectivity index (χ2n) is 6.95. The van der Waals surface area contributed by atoms with Gasteiger partial charge in [-0.2, -0.15) is 0 Å². The Kier molecular flexibility index (Phi) is 4.45. The van der Waals surface area contributed by atoms with Crippen LogP contribution in [0.1, 0.15) is 44.7 Å². The molecular weight excluding hydrogens is 218 g/mol. The quantitative estimate of drug-likeness (QED) is 0.853. The molecule has 1 fully saturated rings. The number of benzene rings is 1. The van der Waals surface area contributed by atoms with Crippen LogP contribution in [0.5, 0.6) is 0 Å². The first-order valence-electron chi connectivity index (χ1n) is 7.31. The number of hydrogen-bond donors (Lipinski definition) is 1. The molecule has 18 heavy (non-hydrogen) atoms. The molecule has 0 aliphatic carbocycles. The van der Waals surface area contributed by atoms with Gasteiger partial charge in [0.2, 0.25) is 0 Å². The van der Waals surface area contributed by atoms with Crippen molar-refractivity contribution in [2.75, 3.05) is 13.1 Å². The molecule has 0 amide bonds. The Balaban J connectivity index is 1.98. The van der Waals surface area contributed by atoms with E-state index in [2.05, 4.69) is 50.4 Å². The van der Waals surface area contributed by atoms with E-state index in [0.717, 1.165) is 5.92 Å². The van der Waals surface area contributed by atoms with Crippen molar-refractivity contribution in [2.24, 2.45) is 11.3 Å². The summed E-state index contributed by atoms with van der Waals surface area (Å²) in [5.41, 5.74) is 3.41. The Morgan fingerprint density at radius 1 is 1.11 bits per heavy atom. The van der Waals surface area contributed by atoms with Gasteiger partial charge in [0.15, 0.2) is 0 Å². The maximum atomic E-state index is 3.44. The van der Waals surface area contributed by atoms with Crippen LogP contribution in [0.2, 0.25) is 0 Å². The summed E-state index contributed by atoms with van der Waals surface area (Å²) in [4.78, 5) is 0. The standard InChI is InChI=1S/C17H27N/c1-17(2,3)13-16-6-4-5-15(12-16)11-14-7-9-18-10-8-14/h4-6,12,14,18H,7-11,13H2,1-3H3. The van der Waals surface area contributed by atoms with Crippen molar-refractivity contribution in [1.82, 2.24) is 5.32 Å². The summed E-state index contributed by atoms with van der Waals surface area (Å²) < 4.78 is 0. The molecule has 0 aromatic heterocycles. The topological polar surface area (TPSA) is 12.0 Å². The molecular formula is C17H27N. The van der Waals surface area contributed by atoms with Gasteiger partial charge >= 0.3 is 0 Å². The first-order chi connectivity index (χ1) is 8.53. The zero-order valence-corrected chi connectivity index (χ0v) is 12.1. The van der Waals surface area contributed by atoms with Crippen molar-refractivity contribution in [1.29, 1.82) is 0 Å². The van der Waals surface area contributed by atoms with E-state index in [4.69, 9.17) is 0 Å². The van der Waals surface area contributed by atoms with Crippen LogP contribution in [-0.2, 0) is 12.8 Å². The molecule has 0 spiro atoms. The van der Waals surface area contributed by atoms with Gasteiger partial charge in [-0.3, -0.25) is 0 Å². The lowest BCUT2D eigenvalue weighted by molar-refractivity contribution is 0.372. The molecule has 1 saturated heterocycles. The summed E-state index contributed by atoms with van der Waals surface area (Å²) in [6, 6.07) is 9.23. The van der Waals surface area contributed by atoms with E-state index in [-0.39, 0.29) is 0 Å². The highest BCUT2D eigenvalue weighted by Gasteiger charge is 2.15. The van der Waals surface area contributed by atoms with Crippen molar-refractivity contribution in [3.63, 3.8) is 0 Å². The van der Waals surface area contributed by atoms with Crippen LogP contribution < -0.4 is 5.32 Å². The van der Waals surface area contributed by atoms with Crippen LogP contribution in [0.4, 0.5) is 0 Å². The lowest BCUT2D eigenvalue weighted by Crippen LogP contribution is -2.28. The lowest BCUT2D eigenvalue weighted by Gasteiger charge is -2.23. The first-order valence-corrected chi connectivity index (χ1v) is 7.31. The summed E-state index contributed by atoms with van der Waals surface area (Å²) in [5, 5.41) is 3.44. The van der Waals surface area contributed by atoms with Crippen molar-refractivity contribution in [3.05, 3.63) is 35.4 Å². The number of nitrogens with one attached hydrogen (secondary N) is 1. The largest absolute Gasteiger partial charge is 0.317 e. The molecule has 1 N–H and O–H groups in total. The zero-order valence-electron chi connectivity index (χ0n) is 12.1. The van der Waals surface area contributed by atoms with Gasteiger partial charge in [-0.25, -0.2) is 0 Å². The first kappa shape index (κ1) is 13.6. The van der Waals surface area contributed by atoms with Crippen LogP contribution >= 0.6 is 0 Å². The Morgan fingerprint density at radius 3 is 2.44 bits per heavy atom. The number of hydrogen-bond acceptors (Lipinski definition) is 1. The monoisotopic (exact) mass is 245 g/mol. The van der Waals surface area contributed by atoms with Gasteiger partial charge in [0.05, 0.1) is 0 Å². The average molecular weight is 245 g/mol. The molecule has 0 atom stereocenters. The molecule has 100 valence electrons. The number of piperidine rings is 1. The Labute approximate surface area is 112 Å². The zero-order chi connectivity index (χ0) is 13.0. The van der Waals surface area contributed by atoms with Gasteiger partial charge in [-0.15, -0.1) is 0 Å². The van der Waals surface area contributed by atoms with E-state index in [9.17, 15) is 0 Å². The molecule has 1 heteroatoms. The Morgan fingerprint density at radius 2 is 1.78 bits per heavy atom. The molecule has 1 aromatic rings. The Hall–Kier alpha value is -0.820. The maximum absolute atomic E-state index is 3.44. The molecule has 1 aliphatic heterocycles. The fraction of sp³-hybridized carbons (Fsp3) is 0.647. The van der Waals surface area contributed by atoms with Crippen LogP contribution in [0, 0.1) is 11.3 Å². The van der Waals surface area contributed by atoms with E-state index in [1.807, 2.05) is 0 Å². The van der Waals surface area contributed by atoms with Gasteiger partial charge in [-0.05, 0) is 61.2 Å². The third kappa shape index (κ3) is 4.45. The van der Waals surface area contributed by atoms with Crippen LogP contribution in [0.25, 0.3) is 0 Å². The van der Waals surface area contributed by atoms with Gasteiger partial charge in [0.25, 0.3) is 0 Å². The second-order valence-corrected chi connectivity index (χ2v) is 6.95. The molecule has 2 rings (SSSR count). The van der Waals surface area contributed by atoms with Crippen LogP contribution in [0.3, 0.4) is 0 Å². The maximum Gasteiger partial charge on any atom is -0.00462 e. The normalized spacial score (nSPS) is 17.9. The van der Waals surface area contributed by atoms with Crippen LogP contribution in [0.15, 0.2) is 24.3 Å². The molecule has 0 radical (unpaired) electrons. The molecule has 1 nitrogen and oxygen atoms in total. The van der Waals surface area contributed by atoms with Gasteiger partial charge < -0.3 is 5.32 Å². The van der Waals surface area contributed by atoms with Gasteiger partial charge in [0.1, 0.15) is 0 Å². The van der Waals surface area contributed by atoms with Gasteiger partial charge in [-0.1, -0.05) is 45.0 Å². The molecule has 1 heterocycles. The molecule has 1 aliphatic rings. The predicted molar refractivity (Wildman–Crippen MR) is 78.9 cm³/mol. The predicted octanol–water partition coefficient (Wildman–Crippen LogP) is 3.82. The molecule has 0 saturated carbocycles. The third-order valence-corrected chi connectivity index (χ3v) is 3.71. The smallest absolute Gasteiger partial charge is 0.00462 e. The van der Waals surface area contributed by atoms with E-state index >= 15 is 0 Å². The second kappa shape index (κ2) is 5.88. The summed E-state index contributed by atoms with van der Waals surface area (Å²) in [6.07, 6.45) is 5.11. The lowest BCUT2D eigenvalue weighted by atomic mass is 9.86. The minimum Gasteiger partial charge on any atom is -0.317 e. The van der Waals surface area contributed by atoms with E-state index in [1.54, 1.807) is 0 Å². The van der Waals surface area contributed by atoms with Crippen molar-refractivity contribution in [2.45, 2.75) is 46.5 Å². The average Bonchev–Trinajstić information content (AvgIpc) is 2.28. The third-order valence-electron chi connectivity index (χ3n) is 3.71. The fourth-order valence-electron chi connectivity index (χ4n) is 2.90. The van der Waals surface area contributed by atoms with Crippen LogP contribution in [-0.4, -0.2) is 13.1 Å². The summed E-state index contributed by atoms with van der Waals surface area (Å²) in [7, 11) is 0. The summed E-state index contributed by atoms with van der Waals surface area (Å²) in [5.74, 6) is 0.885. The SMILES string of the molecule is CC(C)(C)Cc1cccc(CC2CCNCC2)c1. The van der Waals surface area contributed by atoms with Crippen molar-refractivity contribution < 1.29 is 0 Å². The minimum absolute atomic E-state index is 0.382. The molecule has 1 aromatic carbocycles. The fourth-order valence-corrected chi connectivity index (χ4v) is 2.90. The molecule has 0 bridgehead atoms. The molecule has 0 unspecified atom stereocenters. The summed E-state index contributed by atoms with van der Waals surface area (Å²) in [6.45, 7) is 9.34. The van der Waals surface area contributed by atoms with E-state index in [0.29, 0.717) is 5.41 Å². The minimum atomic E-state index is 0.382. The van der Waals surface area contributed by atoms with E-state index in [1.165, 1.54) is 49.9 Å². The van der Waals surface area contributed by atoms with Gasteiger partial charge in [0, 0.05) is 0 Å². The summed E-state index contributed by atoms with van der Waals surface area (Å²) >= 11 is 0. The van der Waals surface area contributed by atoms with Crippen molar-refractivity contribution >= 4 is 0 Å². The van der Waals surface area contributed by atoms with Crippen molar-refractivity contribution in [3.8, 4) is 0 Å². The Bertz CT molecular complexity index is 369. The highest BCUT2D eigenvalue weighted by atomic mass is 14.9. The van der Waals surface area contributed by atoms with E-state index < -0.39 is 0 Å². The number of rotatable bonds is 3. The highest BCUT2D eigenvalue weighted by molar-refractivity contribution is 5.24.